The lowest BCUT2D eigenvalue weighted by Crippen LogP contribution is -2.28. The van der Waals surface area contributed by atoms with Crippen molar-refractivity contribution < 1.29 is 23.4 Å². The first-order valence-electron chi connectivity index (χ1n) is 6.82. The number of hydrogen-bond donors (Lipinski definition) is 2. The summed E-state index contributed by atoms with van der Waals surface area (Å²) in [6.07, 6.45) is -0.950. The number of rotatable bonds is 6. The van der Waals surface area contributed by atoms with Gasteiger partial charge in [-0.15, -0.1) is 11.3 Å². The molecule has 1 aromatic heterocycles. The number of ether oxygens (including phenoxy) is 1. The number of carbonyl (C=O) groups excluding carboxylic acids is 1. The van der Waals surface area contributed by atoms with Gasteiger partial charge < -0.3 is 15.2 Å². The summed E-state index contributed by atoms with van der Waals surface area (Å²) >= 11 is 1.29. The molecule has 2 N–H and O–H groups in total. The molecule has 0 aliphatic heterocycles. The number of aromatic nitrogens is 1. The van der Waals surface area contributed by atoms with E-state index in [0.29, 0.717) is 16.1 Å². The van der Waals surface area contributed by atoms with Gasteiger partial charge in [0.25, 0.3) is 5.91 Å². The average molecular weight is 342 g/mol. The van der Waals surface area contributed by atoms with E-state index < -0.39 is 12.7 Å². The molecule has 1 aromatic carbocycles. The highest BCUT2D eigenvalue weighted by atomic mass is 32.1. The molecule has 0 fully saturated rings. The smallest absolute Gasteiger partial charge is 0.387 e. The van der Waals surface area contributed by atoms with E-state index in [4.69, 9.17) is 0 Å². The van der Waals surface area contributed by atoms with E-state index in [-0.39, 0.29) is 18.2 Å². The van der Waals surface area contributed by atoms with Crippen LogP contribution < -0.4 is 10.1 Å². The SMILES string of the molecule is Cc1nc(C)c(C(=O)NCC(O)c2ccc(OC(F)F)cc2)s1. The number of nitrogens with one attached hydrogen (secondary N) is 1. The van der Waals surface area contributed by atoms with Gasteiger partial charge >= 0.3 is 6.61 Å². The molecule has 2 aromatic rings. The maximum atomic E-state index is 12.1. The molecule has 1 amide bonds. The van der Waals surface area contributed by atoms with E-state index in [2.05, 4.69) is 15.0 Å². The Balaban J connectivity index is 1.92. The highest BCUT2D eigenvalue weighted by Crippen LogP contribution is 2.20. The molecule has 1 unspecified atom stereocenters. The first-order valence-corrected chi connectivity index (χ1v) is 7.63. The van der Waals surface area contributed by atoms with Crippen molar-refractivity contribution in [3.63, 3.8) is 0 Å². The van der Waals surface area contributed by atoms with Crippen LogP contribution in [0, 0.1) is 13.8 Å². The summed E-state index contributed by atoms with van der Waals surface area (Å²) < 4.78 is 28.4. The average Bonchev–Trinajstić information content (AvgIpc) is 2.83. The molecule has 0 radical (unpaired) electrons. The monoisotopic (exact) mass is 342 g/mol. The number of aliphatic hydroxyl groups excluding tert-OH is 1. The minimum absolute atomic E-state index is 0.00424. The van der Waals surface area contributed by atoms with E-state index >= 15 is 0 Å². The van der Waals surface area contributed by atoms with E-state index in [1.165, 1.54) is 35.6 Å². The first kappa shape index (κ1) is 17.3. The lowest BCUT2D eigenvalue weighted by Gasteiger charge is -2.13. The molecular formula is C15H16F2N2O3S. The third kappa shape index (κ3) is 4.70. The van der Waals surface area contributed by atoms with Crippen molar-refractivity contribution in [1.82, 2.24) is 10.3 Å². The fraction of sp³-hybridized carbons (Fsp3) is 0.333. The van der Waals surface area contributed by atoms with Gasteiger partial charge in [-0.05, 0) is 31.5 Å². The van der Waals surface area contributed by atoms with Crippen LogP contribution in [0.4, 0.5) is 8.78 Å². The molecule has 0 spiro atoms. The number of hydrogen-bond acceptors (Lipinski definition) is 5. The summed E-state index contributed by atoms with van der Waals surface area (Å²) in [7, 11) is 0. The third-order valence-corrected chi connectivity index (χ3v) is 4.13. The van der Waals surface area contributed by atoms with Gasteiger partial charge in [-0.1, -0.05) is 12.1 Å². The van der Waals surface area contributed by atoms with Crippen LogP contribution >= 0.6 is 11.3 Å². The molecule has 0 aliphatic carbocycles. The van der Waals surface area contributed by atoms with Crippen LogP contribution in [0.1, 0.15) is 32.0 Å². The van der Waals surface area contributed by atoms with Crippen LogP contribution in [-0.4, -0.2) is 29.2 Å². The van der Waals surface area contributed by atoms with Crippen molar-refractivity contribution in [3.05, 3.63) is 45.4 Å². The number of aryl methyl sites for hydroxylation is 2. The Hall–Kier alpha value is -2.06. The Morgan fingerprint density at radius 2 is 2.00 bits per heavy atom. The Bertz CT molecular complexity index is 674. The second-order valence-corrected chi connectivity index (χ2v) is 6.02. The molecule has 124 valence electrons. The molecule has 2 rings (SSSR count). The second kappa shape index (κ2) is 7.47. The van der Waals surface area contributed by atoms with Gasteiger partial charge in [0.15, 0.2) is 0 Å². The minimum Gasteiger partial charge on any atom is -0.435 e. The number of halogens is 2. The Morgan fingerprint density at radius 3 is 2.52 bits per heavy atom. The summed E-state index contributed by atoms with van der Waals surface area (Å²) in [5.41, 5.74) is 1.14. The van der Waals surface area contributed by atoms with Gasteiger partial charge in [0.05, 0.1) is 16.8 Å². The molecule has 0 saturated heterocycles. The van der Waals surface area contributed by atoms with Crippen molar-refractivity contribution in [1.29, 1.82) is 0 Å². The number of carbonyl (C=O) groups is 1. The van der Waals surface area contributed by atoms with Crippen molar-refractivity contribution in [2.75, 3.05) is 6.54 Å². The summed E-state index contributed by atoms with van der Waals surface area (Å²) in [6, 6.07) is 5.61. The molecule has 0 saturated carbocycles. The maximum Gasteiger partial charge on any atom is 0.387 e. The fourth-order valence-electron chi connectivity index (χ4n) is 2.00. The van der Waals surface area contributed by atoms with Gasteiger partial charge in [0, 0.05) is 6.54 Å². The van der Waals surface area contributed by atoms with Gasteiger partial charge in [-0.25, -0.2) is 4.98 Å². The quantitative estimate of drug-likeness (QED) is 0.847. The lowest BCUT2D eigenvalue weighted by atomic mass is 10.1. The number of alkyl halides is 2. The third-order valence-electron chi connectivity index (χ3n) is 3.06. The Kier molecular flexibility index (Phi) is 5.62. The van der Waals surface area contributed by atoms with E-state index in [1.54, 1.807) is 6.92 Å². The molecule has 23 heavy (non-hydrogen) atoms. The van der Waals surface area contributed by atoms with Crippen LogP contribution in [0.3, 0.4) is 0 Å². The largest absolute Gasteiger partial charge is 0.435 e. The van der Waals surface area contributed by atoms with E-state index in [0.717, 1.165) is 5.01 Å². The van der Waals surface area contributed by atoms with Crippen molar-refractivity contribution >= 4 is 17.2 Å². The van der Waals surface area contributed by atoms with Gasteiger partial charge in [-0.3, -0.25) is 4.79 Å². The fourth-order valence-corrected chi connectivity index (χ4v) is 2.84. The second-order valence-electron chi connectivity index (χ2n) is 4.82. The summed E-state index contributed by atoms with van der Waals surface area (Å²) in [5, 5.41) is 13.5. The summed E-state index contributed by atoms with van der Waals surface area (Å²) in [5.74, 6) is -0.291. The predicted octanol–water partition coefficient (Wildman–Crippen LogP) is 2.82. The van der Waals surface area contributed by atoms with E-state index in [9.17, 15) is 18.7 Å². The van der Waals surface area contributed by atoms with Crippen LogP contribution in [0.15, 0.2) is 24.3 Å². The number of thiazole rings is 1. The highest BCUT2D eigenvalue weighted by molar-refractivity contribution is 7.13. The van der Waals surface area contributed by atoms with Crippen molar-refractivity contribution in [3.8, 4) is 5.75 Å². The number of nitrogens with zero attached hydrogens (tertiary/aromatic N) is 1. The zero-order chi connectivity index (χ0) is 17.0. The molecule has 0 aliphatic rings. The maximum absolute atomic E-state index is 12.1. The minimum atomic E-state index is -2.89. The molecule has 0 bridgehead atoms. The molecule has 8 heteroatoms. The van der Waals surface area contributed by atoms with Crippen LogP contribution in [-0.2, 0) is 0 Å². The molecule has 1 heterocycles. The van der Waals surface area contributed by atoms with Crippen LogP contribution in [0.25, 0.3) is 0 Å². The van der Waals surface area contributed by atoms with Gasteiger partial charge in [0.2, 0.25) is 0 Å². The molecule has 1 atom stereocenters. The highest BCUT2D eigenvalue weighted by Gasteiger charge is 2.16. The molecular weight excluding hydrogens is 326 g/mol. The predicted molar refractivity (Wildman–Crippen MR) is 82.0 cm³/mol. The number of benzene rings is 1. The zero-order valence-electron chi connectivity index (χ0n) is 12.5. The first-order chi connectivity index (χ1) is 10.9. The number of amides is 1. The Morgan fingerprint density at radius 1 is 1.35 bits per heavy atom. The summed E-state index contributed by atoms with van der Waals surface area (Å²) in [4.78, 5) is 16.7. The van der Waals surface area contributed by atoms with Gasteiger partial charge in [0.1, 0.15) is 10.6 Å². The Labute approximate surface area is 135 Å². The normalized spacial score (nSPS) is 12.3. The van der Waals surface area contributed by atoms with Gasteiger partial charge in [-0.2, -0.15) is 8.78 Å². The zero-order valence-corrected chi connectivity index (χ0v) is 13.4. The van der Waals surface area contributed by atoms with Crippen molar-refractivity contribution in [2.24, 2.45) is 0 Å². The van der Waals surface area contributed by atoms with Crippen LogP contribution in [0.5, 0.6) is 5.75 Å². The standard InChI is InChI=1S/C15H16F2N2O3S/c1-8-13(23-9(2)19-8)14(21)18-7-12(20)10-3-5-11(6-4-10)22-15(16)17/h3-6,12,15,20H,7H2,1-2H3,(H,18,21). The van der Waals surface area contributed by atoms with Crippen molar-refractivity contribution in [2.45, 2.75) is 26.6 Å². The lowest BCUT2D eigenvalue weighted by molar-refractivity contribution is -0.0498. The number of aliphatic hydroxyl groups is 1. The summed E-state index contributed by atoms with van der Waals surface area (Å²) in [6.45, 7) is 0.670. The van der Waals surface area contributed by atoms with Crippen LogP contribution in [0.2, 0.25) is 0 Å². The topological polar surface area (TPSA) is 71.5 Å². The molecule has 5 nitrogen and oxygen atoms in total. The van der Waals surface area contributed by atoms with E-state index in [1.807, 2.05) is 6.92 Å².